The van der Waals surface area contributed by atoms with Gasteiger partial charge in [0, 0.05) is 19.5 Å². The second kappa shape index (κ2) is 14.4. The van der Waals surface area contributed by atoms with Gasteiger partial charge in [0.05, 0.1) is 18.4 Å². The molecule has 1 aromatic rings. The van der Waals surface area contributed by atoms with Crippen molar-refractivity contribution in [2.24, 2.45) is 16.7 Å². The van der Waals surface area contributed by atoms with Gasteiger partial charge in [0.15, 0.2) is 0 Å². The van der Waals surface area contributed by atoms with Gasteiger partial charge in [-0.25, -0.2) is 18.0 Å². The predicted octanol–water partition coefficient (Wildman–Crippen LogP) is 3.90. The molecule has 3 fully saturated rings. The molecule has 3 heterocycles. The zero-order valence-electron chi connectivity index (χ0n) is 31.8. The van der Waals surface area contributed by atoms with E-state index in [4.69, 9.17) is 9.47 Å². The Morgan fingerprint density at radius 2 is 1.77 bits per heavy atom. The molecule has 5 aliphatic rings. The van der Waals surface area contributed by atoms with Gasteiger partial charge < -0.3 is 25.0 Å². The second-order valence-corrected chi connectivity index (χ2v) is 19.5. The fourth-order valence-electron chi connectivity index (χ4n) is 7.97. The molecule has 0 aromatic heterocycles. The molecule has 14 nitrogen and oxygen atoms in total. The Hall–Kier alpha value is -3.88. The number of cyclic esters (lactones) is 1. The first kappa shape index (κ1) is 38.8. The van der Waals surface area contributed by atoms with E-state index in [0.717, 1.165) is 36.8 Å². The monoisotopic (exact) mass is 757 g/mol. The molecule has 0 radical (unpaired) electrons. The maximum absolute atomic E-state index is 14.5. The fraction of sp³-hybridized carbons (Fsp3) is 0.711. The van der Waals surface area contributed by atoms with Crippen LogP contribution in [0.3, 0.4) is 0 Å². The van der Waals surface area contributed by atoms with Gasteiger partial charge in [-0.15, -0.1) is 0 Å². The molecular formula is C38H55N5O9S. The summed E-state index contributed by atoms with van der Waals surface area (Å²) in [4.78, 5) is 72.1. The van der Waals surface area contributed by atoms with Crippen molar-refractivity contribution < 1.29 is 41.9 Å². The summed E-state index contributed by atoms with van der Waals surface area (Å²) in [6.45, 7) is 12.1. The van der Waals surface area contributed by atoms with Gasteiger partial charge in [0.2, 0.25) is 21.8 Å². The van der Waals surface area contributed by atoms with Gasteiger partial charge in [0.25, 0.3) is 5.91 Å². The van der Waals surface area contributed by atoms with Crippen LogP contribution in [0.5, 0.6) is 0 Å². The molecule has 5 atom stereocenters. The minimum atomic E-state index is -3.88. The molecule has 292 valence electrons. The van der Waals surface area contributed by atoms with E-state index in [1.165, 1.54) is 10.5 Å². The highest BCUT2D eigenvalue weighted by molar-refractivity contribution is 7.91. The van der Waals surface area contributed by atoms with E-state index in [1.54, 1.807) is 25.7 Å². The molecule has 1 unspecified atom stereocenters. The van der Waals surface area contributed by atoms with Crippen molar-refractivity contribution in [3.05, 3.63) is 34.9 Å². The molecule has 0 spiro atoms. The van der Waals surface area contributed by atoms with Crippen LogP contribution >= 0.6 is 0 Å². The highest BCUT2D eigenvalue weighted by Crippen LogP contribution is 2.47. The number of nitrogens with one attached hydrogen (secondary N) is 3. The van der Waals surface area contributed by atoms with Crippen molar-refractivity contribution in [1.29, 1.82) is 0 Å². The van der Waals surface area contributed by atoms with Crippen LogP contribution in [0.15, 0.2) is 18.2 Å². The summed E-state index contributed by atoms with van der Waals surface area (Å²) in [5.41, 5.74) is 0.742. The van der Waals surface area contributed by atoms with Crippen molar-refractivity contribution in [3.8, 4) is 0 Å². The van der Waals surface area contributed by atoms with Crippen LogP contribution in [-0.2, 0) is 53.4 Å². The number of aryl methyl sites for hydroxylation is 1. The summed E-state index contributed by atoms with van der Waals surface area (Å²) in [6.07, 6.45) is 2.94. The Morgan fingerprint density at radius 3 is 2.43 bits per heavy atom. The molecule has 1 aromatic carbocycles. The maximum atomic E-state index is 14.5. The number of ether oxygens (including phenoxy) is 2. The molecular weight excluding hydrogens is 703 g/mol. The third kappa shape index (κ3) is 8.44. The first-order chi connectivity index (χ1) is 24.8. The molecule has 1 saturated heterocycles. The molecule has 4 bridgehead atoms. The van der Waals surface area contributed by atoms with Gasteiger partial charge in [0.1, 0.15) is 23.7 Å². The summed E-state index contributed by atoms with van der Waals surface area (Å²) in [5.74, 6) is -2.33. The Kier molecular flexibility index (Phi) is 10.6. The Bertz CT molecular complexity index is 1750. The van der Waals surface area contributed by atoms with Crippen molar-refractivity contribution in [2.75, 3.05) is 13.2 Å². The normalized spacial score (nSPS) is 29.4. The number of alkyl carbamates (subject to hydrolysis) is 1. The SMILES string of the molecule is CC[C@@H]1C[C@]1(NC(=O)C1C[C@@H]2CN1C(=O)[C@H](C(C)(C)C)NC(=O)OCC(C)(C)CCCCc1cccc3c1CN(C3)C(=O)O2)C(=O)NS(=O)(=O)C1CC1. The Balaban J connectivity index is 1.28. The van der Waals surface area contributed by atoms with E-state index in [1.807, 2.05) is 32.9 Å². The Labute approximate surface area is 312 Å². The highest BCUT2D eigenvalue weighted by atomic mass is 32.2. The van der Waals surface area contributed by atoms with Crippen LogP contribution < -0.4 is 15.4 Å². The summed E-state index contributed by atoms with van der Waals surface area (Å²) in [7, 11) is -3.88. The first-order valence-corrected chi connectivity index (χ1v) is 20.6. The summed E-state index contributed by atoms with van der Waals surface area (Å²) in [6, 6.07) is 3.80. The van der Waals surface area contributed by atoms with Crippen LogP contribution in [0.2, 0.25) is 0 Å². The summed E-state index contributed by atoms with van der Waals surface area (Å²) < 4.78 is 39.3. The number of carbonyl (C=O) groups is 5. The minimum Gasteiger partial charge on any atom is -0.449 e. The molecule has 3 aliphatic heterocycles. The molecule has 3 N–H and O–H groups in total. The third-order valence-electron chi connectivity index (χ3n) is 11.5. The average Bonchev–Trinajstić information content (AvgIpc) is 3.97. The van der Waals surface area contributed by atoms with Crippen LogP contribution in [0, 0.1) is 16.7 Å². The number of hydrogen-bond donors (Lipinski definition) is 3. The predicted molar refractivity (Wildman–Crippen MR) is 194 cm³/mol. The number of carbonyl (C=O) groups excluding carboxylic acids is 5. The maximum Gasteiger partial charge on any atom is 0.410 e. The summed E-state index contributed by atoms with van der Waals surface area (Å²) >= 11 is 0. The lowest BCUT2D eigenvalue weighted by Gasteiger charge is -2.35. The van der Waals surface area contributed by atoms with Crippen molar-refractivity contribution >= 4 is 39.9 Å². The van der Waals surface area contributed by atoms with Gasteiger partial charge in [-0.3, -0.25) is 24.0 Å². The number of fused-ring (bicyclic) bond motifs is 3. The van der Waals surface area contributed by atoms with E-state index in [-0.39, 0.29) is 37.3 Å². The molecule has 5 amide bonds. The quantitative estimate of drug-likeness (QED) is 0.388. The average molecular weight is 758 g/mol. The molecule has 2 aliphatic carbocycles. The van der Waals surface area contributed by atoms with Crippen molar-refractivity contribution in [3.63, 3.8) is 0 Å². The lowest BCUT2D eigenvalue weighted by Crippen LogP contribution is -2.60. The minimum absolute atomic E-state index is 0.0558. The topological polar surface area (TPSA) is 181 Å². The van der Waals surface area contributed by atoms with Gasteiger partial charge >= 0.3 is 12.2 Å². The number of amides is 5. The van der Waals surface area contributed by atoms with Crippen LogP contribution in [-0.4, -0.2) is 90.3 Å². The van der Waals surface area contributed by atoms with Gasteiger partial charge in [-0.05, 0) is 72.0 Å². The highest BCUT2D eigenvalue weighted by Gasteiger charge is 2.62. The third-order valence-corrected chi connectivity index (χ3v) is 13.3. The number of sulfonamides is 1. The molecule has 6 rings (SSSR count). The van der Waals surface area contributed by atoms with Gasteiger partial charge in [-0.2, -0.15) is 0 Å². The fourth-order valence-corrected chi connectivity index (χ4v) is 9.33. The smallest absolute Gasteiger partial charge is 0.410 e. The largest absolute Gasteiger partial charge is 0.449 e. The van der Waals surface area contributed by atoms with Crippen LogP contribution in [0.1, 0.15) is 110 Å². The van der Waals surface area contributed by atoms with Crippen molar-refractivity contribution in [1.82, 2.24) is 25.2 Å². The molecule has 2 saturated carbocycles. The molecule has 15 heteroatoms. The number of rotatable bonds is 6. The number of benzene rings is 1. The molecule has 53 heavy (non-hydrogen) atoms. The van der Waals surface area contributed by atoms with Gasteiger partial charge in [-0.1, -0.05) is 72.6 Å². The lowest BCUT2D eigenvalue weighted by molar-refractivity contribution is -0.143. The number of hydrogen-bond acceptors (Lipinski definition) is 9. The zero-order valence-corrected chi connectivity index (χ0v) is 32.6. The summed E-state index contributed by atoms with van der Waals surface area (Å²) in [5, 5.41) is 4.95. The standard InChI is InChI=1S/C38H55N5O9S/c1-7-25-18-38(25,33(46)41-53(49,50)27-14-15-27)40-31(44)29-17-26-20-43(29)32(45)30(36(2,3)4)39-34(47)51-22-37(5,6)16-9-8-11-23-12-10-13-24-19-42(21-28(23)24)35(48)52-26/h10,12-13,25-27,29-30H,7-9,11,14-22H2,1-6H3,(H,39,47)(H,40,44)(H,41,46)/t25-,26-,29?,30-,38-/m1/s1. The Morgan fingerprint density at radius 1 is 1.06 bits per heavy atom. The van der Waals surface area contributed by atoms with E-state index < -0.39 is 74.3 Å². The second-order valence-electron chi connectivity index (χ2n) is 17.5. The van der Waals surface area contributed by atoms with E-state index in [0.29, 0.717) is 32.4 Å². The first-order valence-electron chi connectivity index (χ1n) is 19.0. The van der Waals surface area contributed by atoms with E-state index in [9.17, 15) is 32.4 Å². The van der Waals surface area contributed by atoms with E-state index in [2.05, 4.69) is 21.4 Å². The van der Waals surface area contributed by atoms with E-state index >= 15 is 0 Å². The lowest BCUT2D eigenvalue weighted by atomic mass is 9.85. The van der Waals surface area contributed by atoms with Crippen LogP contribution in [0.25, 0.3) is 0 Å². The zero-order chi connectivity index (χ0) is 38.5. The number of nitrogens with zero attached hydrogens (tertiary/aromatic N) is 2. The van der Waals surface area contributed by atoms with Crippen molar-refractivity contribution in [2.45, 2.75) is 141 Å². The van der Waals surface area contributed by atoms with Crippen LogP contribution in [0.4, 0.5) is 9.59 Å².